The predicted octanol–water partition coefficient (Wildman–Crippen LogP) is 6.16. The molecule has 1 N–H and O–H groups in total. The fraction of sp³-hybridized carbons (Fsp3) is 0.0952. The second-order valence-electron chi connectivity index (χ2n) is 6.35. The van der Waals surface area contributed by atoms with Crippen molar-refractivity contribution >= 4 is 44.7 Å². The largest absolute Gasteiger partial charge is 0.447 e. The first-order chi connectivity index (χ1) is 14.3. The number of ether oxygens (including phenoxy) is 1. The van der Waals surface area contributed by atoms with E-state index in [2.05, 4.69) is 48.6 Å². The van der Waals surface area contributed by atoms with Crippen LogP contribution < -0.4 is 10.1 Å². The summed E-state index contributed by atoms with van der Waals surface area (Å²) < 4.78 is 7.33. The number of fused-ring (bicyclic) bond motifs is 3. The van der Waals surface area contributed by atoms with Crippen LogP contribution in [0.4, 0.5) is 5.69 Å². The smallest absolute Gasteiger partial charge is 0.247 e. The van der Waals surface area contributed by atoms with Crippen LogP contribution in [0.1, 0.15) is 16.7 Å². The van der Waals surface area contributed by atoms with E-state index in [1.54, 1.807) is 23.1 Å². The predicted molar refractivity (Wildman–Crippen MR) is 120 cm³/mol. The highest BCUT2D eigenvalue weighted by molar-refractivity contribution is 9.11. The van der Waals surface area contributed by atoms with Gasteiger partial charge in [0.15, 0.2) is 5.69 Å². The van der Waals surface area contributed by atoms with Crippen LogP contribution in [0.5, 0.6) is 5.88 Å². The van der Waals surface area contributed by atoms with Crippen molar-refractivity contribution in [3.63, 3.8) is 0 Å². The zero-order valence-electron chi connectivity index (χ0n) is 15.1. The van der Waals surface area contributed by atoms with Gasteiger partial charge in [-0.3, -0.25) is 0 Å². The molecule has 0 unspecified atom stereocenters. The number of nitrogens with one attached hydrogen (secondary N) is 1. The molecular weight excluding hydrogens is 468 g/mol. The normalized spacial score (nSPS) is 14.9. The van der Waals surface area contributed by atoms with Gasteiger partial charge in [-0.05, 0) is 39.7 Å². The topological polar surface area (TPSA) is 59.9 Å². The number of benzene rings is 2. The van der Waals surface area contributed by atoms with Crippen molar-refractivity contribution in [2.75, 3.05) is 5.32 Å². The summed E-state index contributed by atoms with van der Waals surface area (Å²) in [7, 11) is 0. The Morgan fingerprint density at radius 3 is 2.66 bits per heavy atom. The third-order valence-electron chi connectivity index (χ3n) is 4.40. The number of nitrogens with zero attached hydrogens (tertiary/aromatic N) is 3. The molecule has 5 nitrogen and oxygen atoms in total. The summed E-state index contributed by atoms with van der Waals surface area (Å²) >= 11 is 6.70. The average molecular weight is 483 g/mol. The van der Waals surface area contributed by atoms with Crippen molar-refractivity contribution in [2.24, 2.45) is 0 Å². The van der Waals surface area contributed by atoms with Crippen molar-refractivity contribution in [2.45, 2.75) is 17.1 Å². The highest BCUT2D eigenvalue weighted by Gasteiger charge is 2.26. The molecule has 0 amide bonds. The van der Waals surface area contributed by atoms with Crippen molar-refractivity contribution in [3.8, 4) is 17.1 Å². The molecule has 0 spiro atoms. The fourth-order valence-corrected chi connectivity index (χ4v) is 5.17. The van der Waals surface area contributed by atoms with Crippen molar-refractivity contribution in [1.82, 2.24) is 15.2 Å². The van der Waals surface area contributed by atoms with Gasteiger partial charge in [-0.2, -0.15) is 4.98 Å². The molecular formula is C21H15BrN4OS2. The molecule has 0 bridgehead atoms. The lowest BCUT2D eigenvalue weighted by atomic mass is 10.1. The Morgan fingerprint density at radius 1 is 1.00 bits per heavy atom. The first-order valence-electron chi connectivity index (χ1n) is 8.95. The molecule has 5 rings (SSSR count). The summed E-state index contributed by atoms with van der Waals surface area (Å²) in [4.78, 5) is 5.74. The fourth-order valence-electron chi connectivity index (χ4n) is 3.03. The summed E-state index contributed by atoms with van der Waals surface area (Å²) in [6.07, 6.45) is -0.350. The Balaban J connectivity index is 1.50. The van der Waals surface area contributed by atoms with Gasteiger partial charge in [-0.1, -0.05) is 60.3 Å². The third-order valence-corrected chi connectivity index (χ3v) is 6.97. The van der Waals surface area contributed by atoms with E-state index in [-0.39, 0.29) is 6.23 Å². The van der Waals surface area contributed by atoms with Crippen LogP contribution in [-0.4, -0.2) is 15.2 Å². The van der Waals surface area contributed by atoms with Gasteiger partial charge in [0, 0.05) is 17.0 Å². The maximum absolute atomic E-state index is 6.28. The molecule has 29 heavy (non-hydrogen) atoms. The second-order valence-corrected chi connectivity index (χ2v) is 9.79. The summed E-state index contributed by atoms with van der Waals surface area (Å²) in [6, 6.07) is 22.3. The van der Waals surface area contributed by atoms with E-state index in [0.29, 0.717) is 16.7 Å². The maximum Gasteiger partial charge on any atom is 0.247 e. The molecule has 1 aliphatic rings. The van der Waals surface area contributed by atoms with Crippen molar-refractivity contribution < 1.29 is 4.74 Å². The Kier molecular flexibility index (Phi) is 5.22. The number of aromatic nitrogens is 3. The molecule has 0 radical (unpaired) electrons. The molecule has 2 aromatic heterocycles. The van der Waals surface area contributed by atoms with Gasteiger partial charge in [0.05, 0.1) is 8.66 Å². The minimum atomic E-state index is -0.350. The summed E-state index contributed by atoms with van der Waals surface area (Å²) in [5.41, 5.74) is 3.74. The number of hydrogen-bond donors (Lipinski definition) is 1. The molecule has 4 aromatic rings. The van der Waals surface area contributed by atoms with Crippen LogP contribution in [0.2, 0.25) is 0 Å². The van der Waals surface area contributed by atoms with Gasteiger partial charge < -0.3 is 10.1 Å². The lowest BCUT2D eigenvalue weighted by molar-refractivity contribution is 0.229. The Bertz CT molecular complexity index is 1150. The van der Waals surface area contributed by atoms with Gasteiger partial charge >= 0.3 is 0 Å². The van der Waals surface area contributed by atoms with Crippen LogP contribution in [0.25, 0.3) is 11.3 Å². The summed E-state index contributed by atoms with van der Waals surface area (Å²) in [5, 5.41) is 12.9. The molecule has 1 aliphatic heterocycles. The number of para-hydroxylation sites is 1. The summed E-state index contributed by atoms with van der Waals surface area (Å²) in [5.74, 6) is 1.26. The average Bonchev–Trinajstić information content (AvgIpc) is 3.12. The van der Waals surface area contributed by atoms with Crippen LogP contribution in [0.15, 0.2) is 75.7 Å². The number of thioether (sulfide) groups is 1. The van der Waals surface area contributed by atoms with E-state index in [9.17, 15) is 0 Å². The highest BCUT2D eigenvalue weighted by Crippen LogP contribution is 2.41. The van der Waals surface area contributed by atoms with E-state index in [1.165, 1.54) is 5.56 Å². The van der Waals surface area contributed by atoms with Gasteiger partial charge in [0.25, 0.3) is 0 Å². The van der Waals surface area contributed by atoms with E-state index in [4.69, 9.17) is 4.74 Å². The molecule has 8 heteroatoms. The molecule has 0 saturated carbocycles. The summed E-state index contributed by atoms with van der Waals surface area (Å²) in [6.45, 7) is 0. The molecule has 0 fully saturated rings. The highest BCUT2D eigenvalue weighted by atomic mass is 79.9. The molecule has 3 heterocycles. The first-order valence-corrected chi connectivity index (χ1v) is 11.5. The zero-order valence-corrected chi connectivity index (χ0v) is 18.3. The van der Waals surface area contributed by atoms with Gasteiger partial charge in [-0.25, -0.2) is 0 Å². The molecule has 0 aliphatic carbocycles. The van der Waals surface area contributed by atoms with Crippen molar-refractivity contribution in [3.05, 3.63) is 81.0 Å². The molecule has 0 saturated heterocycles. The van der Waals surface area contributed by atoms with Crippen molar-refractivity contribution in [1.29, 1.82) is 0 Å². The van der Waals surface area contributed by atoms with Gasteiger partial charge in [0.2, 0.25) is 17.3 Å². The monoisotopic (exact) mass is 482 g/mol. The number of hydrogen-bond acceptors (Lipinski definition) is 7. The maximum atomic E-state index is 6.28. The van der Waals surface area contributed by atoms with Gasteiger partial charge in [-0.15, -0.1) is 21.5 Å². The minimum Gasteiger partial charge on any atom is -0.447 e. The Morgan fingerprint density at radius 2 is 1.83 bits per heavy atom. The molecule has 2 aromatic carbocycles. The zero-order chi connectivity index (χ0) is 19.6. The third kappa shape index (κ3) is 4.01. The first kappa shape index (κ1) is 18.6. The number of halogens is 1. The van der Waals surface area contributed by atoms with Crippen LogP contribution in [-0.2, 0) is 5.75 Å². The number of anilines is 1. The number of thiophene rings is 1. The van der Waals surface area contributed by atoms with E-state index in [1.807, 2.05) is 54.6 Å². The lowest BCUT2D eigenvalue weighted by Gasteiger charge is -2.17. The van der Waals surface area contributed by atoms with E-state index >= 15 is 0 Å². The van der Waals surface area contributed by atoms with Crippen LogP contribution in [0, 0.1) is 0 Å². The van der Waals surface area contributed by atoms with Crippen LogP contribution in [0.3, 0.4) is 0 Å². The molecule has 1 atom stereocenters. The standard InChI is InChI=1S/C21H15BrN4OS2/c22-17-11-10-16(29-17)19-23-15-9-5-4-8-14(15)18-20(27-19)24-21(26-25-18)28-12-13-6-2-1-3-7-13/h1-11,19,23H,12H2/t19-/m1/s1. The minimum absolute atomic E-state index is 0.350. The van der Waals surface area contributed by atoms with Crippen LogP contribution >= 0.6 is 39.0 Å². The van der Waals surface area contributed by atoms with E-state index in [0.717, 1.165) is 25.7 Å². The lowest BCUT2D eigenvalue weighted by Crippen LogP contribution is -2.15. The molecule has 144 valence electrons. The van der Waals surface area contributed by atoms with E-state index < -0.39 is 0 Å². The quantitative estimate of drug-likeness (QED) is 0.351. The number of rotatable bonds is 4. The second kappa shape index (κ2) is 8.14. The SMILES string of the molecule is Brc1ccc([C@@H]2Nc3ccccc3-c3nnc(SCc4ccccc4)nc3O2)s1. The Labute approximate surface area is 184 Å². The van der Waals surface area contributed by atoms with Gasteiger partial charge in [0.1, 0.15) is 0 Å². The Hall–Kier alpha value is -2.42.